The molecule has 1 heterocycles. The number of hydrogen-bond donors (Lipinski definition) is 2. The van der Waals surface area contributed by atoms with E-state index in [2.05, 4.69) is 5.10 Å². The smallest absolute Gasteiger partial charge is 0.255 e. The molecule has 98 valence electrons. The molecule has 3 N–H and O–H groups in total. The summed E-state index contributed by atoms with van der Waals surface area (Å²) in [6.07, 6.45) is -1.85. The molecular formula is C10H18F2N4O. The lowest BCUT2D eigenvalue weighted by atomic mass is 10.3. The van der Waals surface area contributed by atoms with Crippen molar-refractivity contribution in [1.82, 2.24) is 9.78 Å². The predicted octanol–water partition coefficient (Wildman–Crippen LogP) is 0.629. The summed E-state index contributed by atoms with van der Waals surface area (Å²) >= 11 is 0. The number of aliphatic hydroxyl groups excluding tert-OH is 1. The number of aliphatic hydroxyl groups is 1. The summed E-state index contributed by atoms with van der Waals surface area (Å²) in [7, 11) is 1.65. The van der Waals surface area contributed by atoms with Crippen LogP contribution in [0.4, 0.5) is 20.3 Å². The number of hydrogen-bond acceptors (Lipinski definition) is 4. The number of alkyl halides is 2. The number of rotatable bonds is 6. The largest absolute Gasteiger partial charge is 0.395 e. The standard InChI is InChI=1S/C10H18F2N4O/c1-3-7-9(13)10(15(2)14-7)16(4-5-17)6-8(11)12/h8,17H,3-6,13H2,1-2H3. The van der Waals surface area contributed by atoms with Crippen molar-refractivity contribution in [2.24, 2.45) is 7.05 Å². The molecule has 0 bridgehead atoms. The first-order valence-corrected chi connectivity index (χ1v) is 5.46. The molecule has 0 aliphatic rings. The molecular weight excluding hydrogens is 230 g/mol. The molecule has 0 spiro atoms. The van der Waals surface area contributed by atoms with Crippen molar-refractivity contribution < 1.29 is 13.9 Å². The highest BCUT2D eigenvalue weighted by Crippen LogP contribution is 2.26. The van der Waals surface area contributed by atoms with E-state index in [9.17, 15) is 8.78 Å². The van der Waals surface area contributed by atoms with Gasteiger partial charge in [0.1, 0.15) is 0 Å². The van der Waals surface area contributed by atoms with Crippen molar-refractivity contribution in [3.8, 4) is 0 Å². The molecule has 7 heteroatoms. The quantitative estimate of drug-likeness (QED) is 0.775. The van der Waals surface area contributed by atoms with Crippen LogP contribution in [0.25, 0.3) is 0 Å². The molecule has 0 radical (unpaired) electrons. The number of halogens is 2. The molecule has 0 saturated carbocycles. The highest BCUT2D eigenvalue weighted by molar-refractivity contribution is 5.66. The van der Waals surface area contributed by atoms with Crippen molar-refractivity contribution >= 4 is 11.5 Å². The number of nitrogens with two attached hydrogens (primary N) is 1. The molecule has 0 unspecified atom stereocenters. The fourth-order valence-electron chi connectivity index (χ4n) is 1.79. The Morgan fingerprint density at radius 2 is 2.18 bits per heavy atom. The summed E-state index contributed by atoms with van der Waals surface area (Å²) in [5.74, 6) is 0.441. The Morgan fingerprint density at radius 1 is 1.53 bits per heavy atom. The molecule has 1 aromatic heterocycles. The number of anilines is 2. The average Bonchev–Trinajstić information content (AvgIpc) is 2.52. The van der Waals surface area contributed by atoms with E-state index in [-0.39, 0.29) is 13.2 Å². The van der Waals surface area contributed by atoms with Gasteiger partial charge in [-0.3, -0.25) is 4.68 Å². The van der Waals surface area contributed by atoms with Gasteiger partial charge in [-0.25, -0.2) is 8.78 Å². The van der Waals surface area contributed by atoms with Crippen LogP contribution >= 0.6 is 0 Å². The van der Waals surface area contributed by atoms with Crippen LogP contribution < -0.4 is 10.6 Å². The zero-order valence-corrected chi connectivity index (χ0v) is 10.0. The zero-order valence-electron chi connectivity index (χ0n) is 10.0. The third kappa shape index (κ3) is 3.06. The van der Waals surface area contributed by atoms with Crippen LogP contribution in [0.2, 0.25) is 0 Å². The van der Waals surface area contributed by atoms with Crippen LogP contribution in [0.3, 0.4) is 0 Å². The van der Waals surface area contributed by atoms with Gasteiger partial charge in [0, 0.05) is 13.6 Å². The van der Waals surface area contributed by atoms with Crippen LogP contribution in [0.1, 0.15) is 12.6 Å². The summed E-state index contributed by atoms with van der Waals surface area (Å²) < 4.78 is 26.4. The maximum atomic E-state index is 12.5. The van der Waals surface area contributed by atoms with Crippen molar-refractivity contribution in [2.45, 2.75) is 19.8 Å². The van der Waals surface area contributed by atoms with E-state index in [1.54, 1.807) is 7.05 Å². The summed E-state index contributed by atoms with van der Waals surface area (Å²) in [5.41, 5.74) is 6.96. The van der Waals surface area contributed by atoms with E-state index in [4.69, 9.17) is 10.8 Å². The van der Waals surface area contributed by atoms with Crippen molar-refractivity contribution in [3.05, 3.63) is 5.69 Å². The molecule has 0 aromatic carbocycles. The Hall–Kier alpha value is -1.37. The molecule has 1 aromatic rings. The SMILES string of the molecule is CCc1nn(C)c(N(CCO)CC(F)F)c1N. The minimum absolute atomic E-state index is 0.108. The summed E-state index contributed by atoms with van der Waals surface area (Å²) in [5, 5.41) is 13.1. The Balaban J connectivity index is 3.04. The Bertz CT molecular complexity index is 367. The first kappa shape index (κ1) is 13.7. The number of aromatic nitrogens is 2. The maximum Gasteiger partial charge on any atom is 0.255 e. The van der Waals surface area contributed by atoms with Crippen LogP contribution in [0.5, 0.6) is 0 Å². The summed E-state index contributed by atoms with van der Waals surface area (Å²) in [6.45, 7) is 1.33. The second-order valence-electron chi connectivity index (χ2n) is 3.72. The van der Waals surface area contributed by atoms with Gasteiger partial charge in [-0.1, -0.05) is 6.92 Å². The van der Waals surface area contributed by atoms with E-state index < -0.39 is 13.0 Å². The van der Waals surface area contributed by atoms with Crippen molar-refractivity contribution in [2.75, 3.05) is 30.3 Å². The lowest BCUT2D eigenvalue weighted by Crippen LogP contribution is -2.33. The van der Waals surface area contributed by atoms with Crippen molar-refractivity contribution in [1.29, 1.82) is 0 Å². The van der Waals surface area contributed by atoms with E-state index in [0.29, 0.717) is 23.6 Å². The van der Waals surface area contributed by atoms with Crippen LogP contribution in [0.15, 0.2) is 0 Å². The van der Waals surface area contributed by atoms with E-state index in [1.807, 2.05) is 6.92 Å². The van der Waals surface area contributed by atoms with Gasteiger partial charge in [-0.2, -0.15) is 5.10 Å². The first-order valence-electron chi connectivity index (χ1n) is 5.46. The van der Waals surface area contributed by atoms with Gasteiger partial charge in [-0.15, -0.1) is 0 Å². The minimum atomic E-state index is -2.49. The topological polar surface area (TPSA) is 67.3 Å². The van der Waals surface area contributed by atoms with Gasteiger partial charge >= 0.3 is 0 Å². The number of nitrogen functional groups attached to an aromatic ring is 1. The minimum Gasteiger partial charge on any atom is -0.395 e. The van der Waals surface area contributed by atoms with E-state index in [0.717, 1.165) is 0 Å². The average molecular weight is 248 g/mol. The fraction of sp³-hybridized carbons (Fsp3) is 0.700. The second kappa shape index (κ2) is 5.81. The van der Waals surface area contributed by atoms with E-state index >= 15 is 0 Å². The predicted molar refractivity (Wildman–Crippen MR) is 62.3 cm³/mol. The van der Waals surface area contributed by atoms with Crippen molar-refractivity contribution in [3.63, 3.8) is 0 Å². The fourth-order valence-corrected chi connectivity index (χ4v) is 1.79. The molecule has 0 amide bonds. The molecule has 1 rings (SSSR count). The van der Waals surface area contributed by atoms with Crippen LogP contribution in [0, 0.1) is 0 Å². The summed E-state index contributed by atoms with van der Waals surface area (Å²) in [4.78, 5) is 1.35. The third-order valence-corrected chi connectivity index (χ3v) is 2.49. The van der Waals surface area contributed by atoms with Gasteiger partial charge in [0.25, 0.3) is 6.43 Å². The van der Waals surface area contributed by atoms with Crippen LogP contribution in [-0.4, -0.2) is 41.0 Å². The number of nitrogens with zero attached hydrogens (tertiary/aromatic N) is 3. The normalized spacial score (nSPS) is 11.2. The molecule has 0 aliphatic heterocycles. The van der Waals surface area contributed by atoms with Gasteiger partial charge in [0.05, 0.1) is 24.5 Å². The molecule has 0 aliphatic carbocycles. The lowest BCUT2D eigenvalue weighted by Gasteiger charge is -2.23. The Labute approximate surface area is 98.8 Å². The van der Waals surface area contributed by atoms with Gasteiger partial charge < -0.3 is 15.7 Å². The van der Waals surface area contributed by atoms with Gasteiger partial charge in [-0.05, 0) is 6.42 Å². The highest BCUT2D eigenvalue weighted by Gasteiger charge is 2.20. The molecule has 0 atom stereocenters. The second-order valence-corrected chi connectivity index (χ2v) is 3.72. The maximum absolute atomic E-state index is 12.5. The Morgan fingerprint density at radius 3 is 2.59 bits per heavy atom. The third-order valence-electron chi connectivity index (χ3n) is 2.49. The molecule has 5 nitrogen and oxygen atoms in total. The highest BCUT2D eigenvalue weighted by atomic mass is 19.3. The lowest BCUT2D eigenvalue weighted by molar-refractivity contribution is 0.152. The van der Waals surface area contributed by atoms with Gasteiger partial charge in [0.15, 0.2) is 5.82 Å². The monoisotopic (exact) mass is 248 g/mol. The first-order chi connectivity index (χ1) is 8.01. The summed E-state index contributed by atoms with van der Waals surface area (Å²) in [6, 6.07) is 0. The molecule has 0 fully saturated rings. The molecule has 17 heavy (non-hydrogen) atoms. The Kier molecular flexibility index (Phi) is 4.68. The van der Waals surface area contributed by atoms with Gasteiger partial charge in [0.2, 0.25) is 0 Å². The van der Waals surface area contributed by atoms with Crippen LogP contribution in [-0.2, 0) is 13.5 Å². The number of aryl methyl sites for hydroxylation is 2. The zero-order chi connectivity index (χ0) is 13.0. The van der Waals surface area contributed by atoms with E-state index in [1.165, 1.54) is 9.58 Å². The molecule has 0 saturated heterocycles.